The zero-order valence-electron chi connectivity index (χ0n) is 15.0. The zero-order valence-corrected chi connectivity index (χ0v) is 15.8. The summed E-state index contributed by atoms with van der Waals surface area (Å²) in [6, 6.07) is 16.1. The Balaban J connectivity index is 1.73. The maximum atomic E-state index is 13.0. The monoisotopic (exact) mass is 372 g/mol. The number of benzene rings is 2. The molecule has 0 spiro atoms. The summed E-state index contributed by atoms with van der Waals surface area (Å²) in [6.45, 7) is 3.71. The molecule has 0 radical (unpaired) electrons. The average Bonchev–Trinajstić information content (AvgIpc) is 3.06. The SMILES string of the molecule is CCN(c1ccccc1)S(=O)(=O)c1ccc(CCN2CCCC2=O)cc1. The number of nitrogens with zero attached hydrogens (tertiary/aromatic N) is 2. The number of anilines is 1. The fourth-order valence-electron chi connectivity index (χ4n) is 3.25. The quantitative estimate of drug-likeness (QED) is 0.750. The van der Waals surface area contributed by atoms with E-state index < -0.39 is 10.0 Å². The van der Waals surface area contributed by atoms with Crippen molar-refractivity contribution in [2.75, 3.05) is 23.9 Å². The molecule has 5 nitrogen and oxygen atoms in total. The fourth-order valence-corrected chi connectivity index (χ4v) is 4.72. The number of hydrogen-bond donors (Lipinski definition) is 0. The van der Waals surface area contributed by atoms with Gasteiger partial charge in [0.25, 0.3) is 10.0 Å². The third-order valence-corrected chi connectivity index (χ3v) is 6.60. The second-order valence-corrected chi connectivity index (χ2v) is 8.25. The largest absolute Gasteiger partial charge is 0.342 e. The van der Waals surface area contributed by atoms with Crippen molar-refractivity contribution in [2.24, 2.45) is 0 Å². The van der Waals surface area contributed by atoms with Crippen LogP contribution in [0.5, 0.6) is 0 Å². The Bertz CT molecular complexity index is 848. The topological polar surface area (TPSA) is 57.7 Å². The number of rotatable bonds is 7. The van der Waals surface area contributed by atoms with Crippen molar-refractivity contribution in [3.63, 3.8) is 0 Å². The third-order valence-electron chi connectivity index (χ3n) is 4.68. The number of likely N-dealkylation sites (tertiary alicyclic amines) is 1. The summed E-state index contributed by atoms with van der Waals surface area (Å²) in [5, 5.41) is 0. The highest BCUT2D eigenvalue weighted by Gasteiger charge is 2.23. The van der Waals surface area contributed by atoms with Crippen LogP contribution in [0.15, 0.2) is 59.5 Å². The number of carbonyl (C=O) groups excluding carboxylic acids is 1. The minimum Gasteiger partial charge on any atom is -0.342 e. The van der Waals surface area contributed by atoms with Gasteiger partial charge in [0.1, 0.15) is 0 Å². The second kappa shape index (κ2) is 7.91. The number of sulfonamides is 1. The summed E-state index contributed by atoms with van der Waals surface area (Å²) >= 11 is 0. The molecule has 3 rings (SSSR count). The molecule has 138 valence electrons. The van der Waals surface area contributed by atoms with E-state index in [2.05, 4.69) is 0 Å². The van der Waals surface area contributed by atoms with E-state index >= 15 is 0 Å². The lowest BCUT2D eigenvalue weighted by atomic mass is 10.1. The Kier molecular flexibility index (Phi) is 5.61. The first-order valence-electron chi connectivity index (χ1n) is 8.97. The van der Waals surface area contributed by atoms with Crippen LogP contribution in [-0.4, -0.2) is 38.9 Å². The highest BCUT2D eigenvalue weighted by Crippen LogP contribution is 2.23. The maximum Gasteiger partial charge on any atom is 0.264 e. The van der Waals surface area contributed by atoms with E-state index in [1.54, 1.807) is 24.3 Å². The van der Waals surface area contributed by atoms with Gasteiger partial charge in [-0.1, -0.05) is 30.3 Å². The molecule has 26 heavy (non-hydrogen) atoms. The summed E-state index contributed by atoms with van der Waals surface area (Å²) in [7, 11) is -3.59. The molecule has 0 saturated carbocycles. The summed E-state index contributed by atoms with van der Waals surface area (Å²) < 4.78 is 27.3. The van der Waals surface area contributed by atoms with Gasteiger partial charge in [0.2, 0.25) is 5.91 Å². The molecule has 1 fully saturated rings. The van der Waals surface area contributed by atoms with E-state index in [9.17, 15) is 13.2 Å². The average molecular weight is 372 g/mol. The molecule has 1 aliphatic rings. The lowest BCUT2D eigenvalue weighted by Crippen LogP contribution is -2.30. The van der Waals surface area contributed by atoms with Gasteiger partial charge in [-0.2, -0.15) is 0 Å². The van der Waals surface area contributed by atoms with Gasteiger partial charge in [-0.3, -0.25) is 9.10 Å². The Morgan fingerprint density at radius 2 is 1.73 bits per heavy atom. The lowest BCUT2D eigenvalue weighted by Gasteiger charge is -2.23. The summed E-state index contributed by atoms with van der Waals surface area (Å²) in [5.41, 5.74) is 1.69. The van der Waals surface area contributed by atoms with E-state index in [0.29, 0.717) is 25.2 Å². The lowest BCUT2D eigenvalue weighted by molar-refractivity contribution is -0.127. The van der Waals surface area contributed by atoms with Crippen LogP contribution in [-0.2, 0) is 21.2 Å². The summed E-state index contributed by atoms with van der Waals surface area (Å²) in [5.74, 6) is 0.214. The Hall–Kier alpha value is -2.34. The van der Waals surface area contributed by atoms with Crippen molar-refractivity contribution in [1.29, 1.82) is 0 Å². The Labute approximate surface area is 155 Å². The smallest absolute Gasteiger partial charge is 0.264 e. The van der Waals surface area contributed by atoms with Crippen molar-refractivity contribution in [2.45, 2.75) is 31.1 Å². The molecule has 2 aromatic carbocycles. The van der Waals surface area contributed by atoms with E-state index in [-0.39, 0.29) is 10.8 Å². The van der Waals surface area contributed by atoms with Gasteiger partial charge in [0.15, 0.2) is 0 Å². The van der Waals surface area contributed by atoms with Gasteiger partial charge < -0.3 is 4.90 Å². The van der Waals surface area contributed by atoms with Crippen molar-refractivity contribution in [3.8, 4) is 0 Å². The fraction of sp³-hybridized carbons (Fsp3) is 0.350. The predicted octanol–water partition coefficient (Wildman–Crippen LogP) is 3.07. The number of carbonyl (C=O) groups is 1. The van der Waals surface area contributed by atoms with Crippen molar-refractivity contribution in [1.82, 2.24) is 4.90 Å². The molecule has 1 amide bonds. The Morgan fingerprint density at radius 1 is 1.04 bits per heavy atom. The predicted molar refractivity (Wildman–Crippen MR) is 103 cm³/mol. The second-order valence-electron chi connectivity index (χ2n) is 6.38. The van der Waals surface area contributed by atoms with Crippen LogP contribution < -0.4 is 4.31 Å². The van der Waals surface area contributed by atoms with Crippen LogP contribution in [0.3, 0.4) is 0 Å². The van der Waals surface area contributed by atoms with Gasteiger partial charge in [0, 0.05) is 26.1 Å². The van der Waals surface area contributed by atoms with Crippen LogP contribution in [0, 0.1) is 0 Å². The molecule has 1 heterocycles. The minimum atomic E-state index is -3.59. The molecule has 0 atom stereocenters. The highest BCUT2D eigenvalue weighted by atomic mass is 32.2. The first-order chi connectivity index (χ1) is 12.5. The molecule has 2 aromatic rings. The first kappa shape index (κ1) is 18.5. The van der Waals surface area contributed by atoms with Crippen LogP contribution in [0.1, 0.15) is 25.3 Å². The standard InChI is InChI=1S/C20H24N2O3S/c1-2-22(18-7-4-3-5-8-18)26(24,25)19-12-10-17(11-13-19)14-16-21-15-6-9-20(21)23/h3-5,7-8,10-13H,2,6,9,14-16H2,1H3. The molecule has 0 aromatic heterocycles. The van der Waals surface area contributed by atoms with Gasteiger partial charge in [-0.15, -0.1) is 0 Å². The summed E-state index contributed by atoms with van der Waals surface area (Å²) in [6.07, 6.45) is 2.31. The molecular formula is C20H24N2O3S. The molecule has 0 unspecified atom stereocenters. The van der Waals surface area contributed by atoms with Crippen LogP contribution >= 0.6 is 0 Å². The number of hydrogen-bond acceptors (Lipinski definition) is 3. The molecule has 1 saturated heterocycles. The van der Waals surface area contributed by atoms with Crippen LogP contribution in [0.4, 0.5) is 5.69 Å². The minimum absolute atomic E-state index is 0.214. The molecule has 0 N–H and O–H groups in total. The number of amides is 1. The maximum absolute atomic E-state index is 13.0. The molecule has 0 aliphatic carbocycles. The zero-order chi connectivity index (χ0) is 18.6. The van der Waals surface area contributed by atoms with E-state index in [0.717, 1.165) is 24.9 Å². The first-order valence-corrected chi connectivity index (χ1v) is 10.4. The van der Waals surface area contributed by atoms with Gasteiger partial charge in [-0.25, -0.2) is 8.42 Å². The van der Waals surface area contributed by atoms with Crippen LogP contribution in [0.2, 0.25) is 0 Å². The van der Waals surface area contributed by atoms with E-state index in [1.165, 1.54) is 4.31 Å². The molecule has 6 heteroatoms. The van der Waals surface area contributed by atoms with Crippen molar-refractivity contribution in [3.05, 3.63) is 60.2 Å². The van der Waals surface area contributed by atoms with Crippen LogP contribution in [0.25, 0.3) is 0 Å². The van der Waals surface area contributed by atoms with E-state index in [4.69, 9.17) is 0 Å². The normalized spacial score (nSPS) is 14.7. The summed E-state index contributed by atoms with van der Waals surface area (Å²) in [4.78, 5) is 13.8. The molecular weight excluding hydrogens is 348 g/mol. The molecule has 1 aliphatic heterocycles. The third kappa shape index (κ3) is 3.90. The van der Waals surface area contributed by atoms with Gasteiger partial charge in [-0.05, 0) is 49.6 Å². The van der Waals surface area contributed by atoms with Gasteiger partial charge in [0.05, 0.1) is 10.6 Å². The van der Waals surface area contributed by atoms with Crippen molar-refractivity contribution < 1.29 is 13.2 Å². The van der Waals surface area contributed by atoms with E-state index in [1.807, 2.05) is 42.2 Å². The highest BCUT2D eigenvalue weighted by molar-refractivity contribution is 7.92. The Morgan fingerprint density at radius 3 is 2.31 bits per heavy atom. The number of para-hydroxylation sites is 1. The molecule has 0 bridgehead atoms. The van der Waals surface area contributed by atoms with Crippen molar-refractivity contribution >= 4 is 21.6 Å². The van der Waals surface area contributed by atoms with Gasteiger partial charge >= 0.3 is 0 Å².